The number of rotatable bonds is 2. The van der Waals surface area contributed by atoms with Gasteiger partial charge in [0, 0.05) is 18.6 Å². The largest absolute Gasteiger partial charge is 0.401 e. The lowest BCUT2D eigenvalue weighted by Gasteiger charge is -2.21. The third kappa shape index (κ3) is 2.20. The van der Waals surface area contributed by atoms with Crippen molar-refractivity contribution in [1.29, 1.82) is 0 Å². The van der Waals surface area contributed by atoms with Crippen molar-refractivity contribution in [2.45, 2.75) is 37.5 Å². The highest BCUT2D eigenvalue weighted by molar-refractivity contribution is 4.95. The summed E-state index contributed by atoms with van der Waals surface area (Å²) in [6, 6.07) is 0.413. The minimum atomic E-state index is -4.08. The fourth-order valence-electron chi connectivity index (χ4n) is 2.57. The van der Waals surface area contributed by atoms with Crippen molar-refractivity contribution in [3.63, 3.8) is 0 Å². The Bertz CT molecular complexity index is 205. The van der Waals surface area contributed by atoms with Crippen LogP contribution in [0.15, 0.2) is 0 Å². The predicted octanol–water partition coefficient (Wildman–Crippen LogP) is 1.37. The van der Waals surface area contributed by atoms with Gasteiger partial charge in [0.1, 0.15) is 0 Å². The van der Waals surface area contributed by atoms with Crippen LogP contribution in [-0.2, 0) is 0 Å². The van der Waals surface area contributed by atoms with E-state index in [9.17, 15) is 13.2 Å². The second-order valence-corrected chi connectivity index (χ2v) is 4.14. The number of nitrogens with one attached hydrogen (secondary N) is 1. The second-order valence-electron chi connectivity index (χ2n) is 4.14. The molecule has 2 rings (SSSR count). The van der Waals surface area contributed by atoms with Crippen molar-refractivity contribution < 1.29 is 13.2 Å². The first-order valence-electron chi connectivity index (χ1n) is 5.10. The van der Waals surface area contributed by atoms with Crippen molar-refractivity contribution in [2.24, 2.45) is 0 Å². The van der Waals surface area contributed by atoms with E-state index in [4.69, 9.17) is 0 Å². The third-order valence-corrected chi connectivity index (χ3v) is 3.17. The number of hydrogen-bond donors (Lipinski definition) is 1. The monoisotopic (exact) mass is 208 g/mol. The summed E-state index contributed by atoms with van der Waals surface area (Å²) in [6.45, 7) is 1.18. The molecule has 0 aromatic carbocycles. The fraction of sp³-hybridized carbons (Fsp3) is 1.00. The molecule has 2 fully saturated rings. The summed E-state index contributed by atoms with van der Waals surface area (Å²) in [4.78, 5) is 2.30. The maximum Gasteiger partial charge on any atom is 0.401 e. The van der Waals surface area contributed by atoms with Crippen molar-refractivity contribution in [3.05, 3.63) is 0 Å². The molecule has 0 saturated carbocycles. The number of nitrogens with zero attached hydrogens (tertiary/aromatic N) is 1. The summed E-state index contributed by atoms with van der Waals surface area (Å²) >= 11 is 0. The predicted molar refractivity (Wildman–Crippen MR) is 47.1 cm³/mol. The summed E-state index contributed by atoms with van der Waals surface area (Å²) in [5.41, 5.74) is 0. The molecule has 2 aliphatic heterocycles. The van der Waals surface area contributed by atoms with Gasteiger partial charge in [0.25, 0.3) is 0 Å². The normalized spacial score (nSPS) is 33.6. The van der Waals surface area contributed by atoms with E-state index in [1.54, 1.807) is 0 Å². The number of alkyl halides is 3. The van der Waals surface area contributed by atoms with Gasteiger partial charge in [-0.25, -0.2) is 0 Å². The Hall–Kier alpha value is -0.290. The van der Waals surface area contributed by atoms with E-state index >= 15 is 0 Å². The molecule has 2 unspecified atom stereocenters. The van der Waals surface area contributed by atoms with Crippen LogP contribution >= 0.6 is 0 Å². The van der Waals surface area contributed by atoms with Gasteiger partial charge in [-0.2, -0.15) is 13.2 Å². The van der Waals surface area contributed by atoms with Crippen molar-refractivity contribution in [3.8, 4) is 0 Å². The molecule has 82 valence electrons. The van der Waals surface area contributed by atoms with Gasteiger partial charge in [0.05, 0.1) is 6.54 Å². The molecule has 2 heterocycles. The van der Waals surface area contributed by atoms with Crippen molar-refractivity contribution >= 4 is 0 Å². The average molecular weight is 208 g/mol. The van der Waals surface area contributed by atoms with Crippen molar-refractivity contribution in [1.82, 2.24) is 10.2 Å². The Labute approximate surface area is 81.5 Å². The molecule has 14 heavy (non-hydrogen) atoms. The van der Waals surface area contributed by atoms with Gasteiger partial charge in [-0.1, -0.05) is 0 Å². The van der Waals surface area contributed by atoms with Gasteiger partial charge < -0.3 is 5.32 Å². The van der Waals surface area contributed by atoms with Crippen LogP contribution < -0.4 is 5.32 Å². The summed E-state index contributed by atoms with van der Waals surface area (Å²) in [6.07, 6.45) is -1.03. The van der Waals surface area contributed by atoms with E-state index in [2.05, 4.69) is 10.2 Å². The highest BCUT2D eigenvalue weighted by Crippen LogP contribution is 2.28. The summed E-state index contributed by atoms with van der Waals surface area (Å²) < 4.78 is 35.9. The van der Waals surface area contributed by atoms with E-state index in [-0.39, 0.29) is 6.04 Å². The first kappa shape index (κ1) is 10.2. The number of hydrogen-bond acceptors (Lipinski definition) is 2. The first-order chi connectivity index (χ1) is 6.56. The molecule has 2 aliphatic rings. The van der Waals surface area contributed by atoms with Crippen molar-refractivity contribution in [2.75, 3.05) is 19.6 Å². The molecule has 2 saturated heterocycles. The number of fused-ring (bicyclic) bond motifs is 1. The number of halogens is 3. The van der Waals surface area contributed by atoms with Gasteiger partial charge >= 0.3 is 6.18 Å². The maximum absolute atomic E-state index is 12.0. The van der Waals surface area contributed by atoms with E-state index in [0.29, 0.717) is 6.04 Å². The third-order valence-electron chi connectivity index (χ3n) is 3.17. The summed E-state index contributed by atoms with van der Waals surface area (Å²) in [7, 11) is 0. The lowest BCUT2D eigenvalue weighted by molar-refractivity contribution is -0.126. The molecule has 0 aromatic heterocycles. The van der Waals surface area contributed by atoms with Gasteiger partial charge in [-0.3, -0.25) is 4.90 Å². The first-order valence-corrected chi connectivity index (χ1v) is 5.10. The van der Waals surface area contributed by atoms with Crippen LogP contribution in [-0.4, -0.2) is 42.8 Å². The van der Waals surface area contributed by atoms with Crippen LogP contribution in [0.4, 0.5) is 13.2 Å². The molecule has 0 radical (unpaired) electrons. The quantitative estimate of drug-likeness (QED) is 0.737. The second kappa shape index (κ2) is 3.70. The molecule has 0 aliphatic carbocycles. The molecule has 2 atom stereocenters. The molecular formula is C9H15F3N2. The van der Waals surface area contributed by atoms with Crippen LogP contribution in [0.2, 0.25) is 0 Å². The van der Waals surface area contributed by atoms with Crippen LogP contribution in [0.5, 0.6) is 0 Å². The van der Waals surface area contributed by atoms with E-state index in [1.807, 2.05) is 0 Å². The Morgan fingerprint density at radius 2 is 2.00 bits per heavy atom. The van der Waals surface area contributed by atoms with Gasteiger partial charge in [-0.05, 0) is 25.8 Å². The van der Waals surface area contributed by atoms with Crippen LogP contribution in [0.25, 0.3) is 0 Å². The van der Waals surface area contributed by atoms with Gasteiger partial charge in [0.2, 0.25) is 0 Å². The highest BCUT2D eigenvalue weighted by Gasteiger charge is 2.38. The van der Waals surface area contributed by atoms with E-state index in [1.165, 1.54) is 0 Å². The smallest absolute Gasteiger partial charge is 0.304 e. The Morgan fingerprint density at radius 1 is 1.21 bits per heavy atom. The zero-order valence-corrected chi connectivity index (χ0v) is 7.98. The van der Waals surface area contributed by atoms with Crippen LogP contribution in [0.1, 0.15) is 19.3 Å². The maximum atomic E-state index is 12.0. The molecule has 0 amide bonds. The van der Waals surface area contributed by atoms with Crippen LogP contribution in [0, 0.1) is 0 Å². The molecule has 0 aromatic rings. The van der Waals surface area contributed by atoms with Gasteiger partial charge in [-0.15, -0.1) is 0 Å². The molecule has 1 N–H and O–H groups in total. The fourth-order valence-corrected chi connectivity index (χ4v) is 2.57. The molecule has 5 heteroatoms. The lowest BCUT2D eigenvalue weighted by Crippen LogP contribution is -2.43. The van der Waals surface area contributed by atoms with Crippen LogP contribution in [0.3, 0.4) is 0 Å². The highest BCUT2D eigenvalue weighted by atomic mass is 19.4. The molecule has 2 nitrogen and oxygen atoms in total. The minimum absolute atomic E-state index is 0.0547. The zero-order chi connectivity index (χ0) is 10.2. The van der Waals surface area contributed by atoms with E-state index < -0.39 is 12.7 Å². The molecule has 0 spiro atoms. The summed E-state index contributed by atoms with van der Waals surface area (Å²) in [5, 5.41) is 2.63. The SMILES string of the molecule is FC(F)(F)CNC1CCN2CCCC12. The standard InChI is InChI=1S/C9H15F3N2/c10-9(11,12)6-13-7-3-5-14-4-1-2-8(7)14/h7-8,13H,1-6H2. The Kier molecular flexibility index (Phi) is 2.70. The van der Waals surface area contributed by atoms with Gasteiger partial charge in [0.15, 0.2) is 0 Å². The average Bonchev–Trinajstić information content (AvgIpc) is 2.59. The Balaban J connectivity index is 1.81. The molecular weight excluding hydrogens is 193 g/mol. The topological polar surface area (TPSA) is 15.3 Å². The van der Waals surface area contributed by atoms with E-state index in [0.717, 1.165) is 32.4 Å². The zero-order valence-electron chi connectivity index (χ0n) is 7.98. The lowest BCUT2D eigenvalue weighted by atomic mass is 10.1. The Morgan fingerprint density at radius 3 is 2.71 bits per heavy atom. The minimum Gasteiger partial charge on any atom is -0.304 e. The molecule has 0 bridgehead atoms. The summed E-state index contributed by atoms with van der Waals surface area (Å²) in [5.74, 6) is 0.